The van der Waals surface area contributed by atoms with E-state index in [1.54, 1.807) is 24.3 Å². The van der Waals surface area contributed by atoms with Crippen LogP contribution < -0.4 is 23.7 Å². The number of carbonyl (C=O) groups is 1. The van der Waals surface area contributed by atoms with Crippen molar-refractivity contribution in [2.24, 2.45) is 0 Å². The van der Waals surface area contributed by atoms with Crippen LogP contribution in [0.25, 0.3) is 21.9 Å². The van der Waals surface area contributed by atoms with Gasteiger partial charge in [0.1, 0.15) is 30.7 Å². The summed E-state index contributed by atoms with van der Waals surface area (Å²) in [6, 6.07) is 8.89. The van der Waals surface area contributed by atoms with Crippen LogP contribution in [0.4, 0.5) is 0 Å². The number of methoxy groups -OCH3 is 3. The van der Waals surface area contributed by atoms with E-state index in [-0.39, 0.29) is 25.8 Å². The van der Waals surface area contributed by atoms with Crippen molar-refractivity contribution < 1.29 is 52.9 Å². The number of rotatable bonds is 6. The number of cyclic esters (lactones) is 1. The smallest absolute Gasteiger partial charge is 0.339 e. The molecule has 2 N–H and O–H groups in total. The minimum Gasteiger partial charge on any atom is -0.493 e. The SMILES string of the molecule is COc1cc2c(OC3OCC(OC)C(O)C3O)c3c(c(-c4ccc5c(c4)OCO5)c2cc1OC)C(=O)OC3. The van der Waals surface area contributed by atoms with Crippen LogP contribution >= 0.6 is 0 Å². The molecule has 6 rings (SSSR count). The second kappa shape index (κ2) is 9.52. The average Bonchev–Trinajstić information content (AvgIpc) is 3.56. The lowest BCUT2D eigenvalue weighted by Gasteiger charge is -2.37. The number of aliphatic hydroxyl groups is 2. The number of esters is 1. The Morgan fingerprint density at radius 1 is 0.868 bits per heavy atom. The fourth-order valence-electron chi connectivity index (χ4n) is 5.09. The first-order chi connectivity index (χ1) is 18.4. The Hall–Kier alpha value is -3.77. The third-order valence-electron chi connectivity index (χ3n) is 7.05. The molecule has 11 heteroatoms. The number of hydrogen-bond acceptors (Lipinski definition) is 11. The van der Waals surface area contributed by atoms with Crippen molar-refractivity contribution in [3.63, 3.8) is 0 Å². The van der Waals surface area contributed by atoms with Gasteiger partial charge in [-0.1, -0.05) is 6.07 Å². The summed E-state index contributed by atoms with van der Waals surface area (Å²) in [6.07, 6.45) is -4.59. The summed E-state index contributed by atoms with van der Waals surface area (Å²) < 4.78 is 44.7. The molecule has 0 amide bonds. The van der Waals surface area contributed by atoms with Crippen molar-refractivity contribution in [1.29, 1.82) is 0 Å². The summed E-state index contributed by atoms with van der Waals surface area (Å²) in [5.74, 6) is 1.75. The van der Waals surface area contributed by atoms with E-state index >= 15 is 0 Å². The molecule has 1 saturated heterocycles. The topological polar surface area (TPSA) is 131 Å². The van der Waals surface area contributed by atoms with Crippen LogP contribution in [0.3, 0.4) is 0 Å². The summed E-state index contributed by atoms with van der Waals surface area (Å²) in [5.41, 5.74) is 2.06. The second-order valence-corrected chi connectivity index (χ2v) is 9.03. The molecule has 0 bridgehead atoms. The number of aliphatic hydroxyl groups excluding tert-OH is 2. The molecule has 3 aliphatic heterocycles. The molecule has 3 aliphatic rings. The van der Waals surface area contributed by atoms with E-state index in [9.17, 15) is 15.0 Å². The van der Waals surface area contributed by atoms with Gasteiger partial charge in [-0.15, -0.1) is 0 Å². The monoisotopic (exact) mass is 526 g/mol. The predicted octanol–water partition coefficient (Wildman–Crippen LogP) is 2.40. The molecule has 4 atom stereocenters. The summed E-state index contributed by atoms with van der Waals surface area (Å²) >= 11 is 0. The highest BCUT2D eigenvalue weighted by Gasteiger charge is 2.42. The number of benzene rings is 3. The van der Waals surface area contributed by atoms with Crippen molar-refractivity contribution in [3.05, 3.63) is 41.5 Å². The van der Waals surface area contributed by atoms with Crippen LogP contribution in [0.15, 0.2) is 30.3 Å². The van der Waals surface area contributed by atoms with Crippen molar-refractivity contribution in [2.45, 2.75) is 31.2 Å². The average molecular weight is 526 g/mol. The maximum Gasteiger partial charge on any atom is 0.339 e. The van der Waals surface area contributed by atoms with E-state index in [1.807, 2.05) is 6.07 Å². The minimum absolute atomic E-state index is 0.00136. The molecule has 200 valence electrons. The molecule has 4 unspecified atom stereocenters. The molecule has 3 heterocycles. The van der Waals surface area contributed by atoms with Gasteiger partial charge in [-0.25, -0.2) is 4.79 Å². The van der Waals surface area contributed by atoms with Crippen LogP contribution in [-0.4, -0.2) is 75.5 Å². The van der Waals surface area contributed by atoms with Crippen LogP contribution in [0.1, 0.15) is 15.9 Å². The summed E-state index contributed by atoms with van der Waals surface area (Å²) in [5, 5.41) is 22.4. The first kappa shape index (κ1) is 24.6. The van der Waals surface area contributed by atoms with Gasteiger partial charge in [0.2, 0.25) is 13.1 Å². The highest BCUT2D eigenvalue weighted by molar-refractivity contribution is 6.14. The van der Waals surface area contributed by atoms with Gasteiger partial charge in [0.15, 0.2) is 23.0 Å². The lowest BCUT2D eigenvalue weighted by Crippen LogP contribution is -2.55. The lowest BCUT2D eigenvalue weighted by molar-refractivity contribution is -0.246. The standard InChI is InChI=1S/C27H26O11/c1-31-17-7-13-14(8-18(17)32-2)25(38-27-24(29)23(28)20(33-3)10-35-27)15-9-34-26(30)22(15)21(13)12-4-5-16-19(6-12)37-11-36-16/h4-8,20,23-24,27-29H,9-11H2,1-3H3. The van der Waals surface area contributed by atoms with Crippen molar-refractivity contribution in [1.82, 2.24) is 0 Å². The van der Waals surface area contributed by atoms with Gasteiger partial charge in [-0.3, -0.25) is 0 Å². The Kier molecular flexibility index (Phi) is 6.15. The third-order valence-corrected chi connectivity index (χ3v) is 7.05. The Bertz CT molecular complexity index is 1420. The fraction of sp³-hybridized carbons (Fsp3) is 0.370. The molecular weight excluding hydrogens is 500 g/mol. The fourth-order valence-corrected chi connectivity index (χ4v) is 5.09. The normalized spacial score (nSPS) is 23.8. The molecule has 38 heavy (non-hydrogen) atoms. The van der Waals surface area contributed by atoms with E-state index in [2.05, 4.69) is 0 Å². The Morgan fingerprint density at radius 2 is 1.61 bits per heavy atom. The van der Waals surface area contributed by atoms with Crippen LogP contribution in [0.2, 0.25) is 0 Å². The molecule has 3 aromatic rings. The van der Waals surface area contributed by atoms with Gasteiger partial charge in [-0.05, 0) is 35.2 Å². The zero-order valence-corrected chi connectivity index (χ0v) is 20.9. The van der Waals surface area contributed by atoms with E-state index in [0.717, 1.165) is 0 Å². The first-order valence-corrected chi connectivity index (χ1v) is 11.9. The Balaban J connectivity index is 1.58. The molecular formula is C27H26O11. The van der Waals surface area contributed by atoms with Gasteiger partial charge in [0.25, 0.3) is 0 Å². The van der Waals surface area contributed by atoms with Crippen molar-refractivity contribution in [3.8, 4) is 39.9 Å². The van der Waals surface area contributed by atoms with E-state index in [4.69, 9.17) is 37.9 Å². The van der Waals surface area contributed by atoms with Gasteiger partial charge in [-0.2, -0.15) is 0 Å². The third kappa shape index (κ3) is 3.78. The first-order valence-electron chi connectivity index (χ1n) is 11.9. The highest BCUT2D eigenvalue weighted by atomic mass is 16.7. The summed E-state index contributed by atoms with van der Waals surface area (Å²) in [6.45, 7) is 0.0513. The Morgan fingerprint density at radius 3 is 2.34 bits per heavy atom. The van der Waals surface area contributed by atoms with E-state index in [1.165, 1.54) is 21.3 Å². The number of ether oxygens (including phenoxy) is 8. The van der Waals surface area contributed by atoms with Crippen LogP contribution in [-0.2, 0) is 20.8 Å². The molecule has 0 spiro atoms. The maximum atomic E-state index is 13.1. The molecule has 0 aliphatic carbocycles. The number of carbonyl (C=O) groups excluding carboxylic acids is 1. The van der Waals surface area contributed by atoms with E-state index in [0.29, 0.717) is 56.0 Å². The molecule has 11 nitrogen and oxygen atoms in total. The minimum atomic E-state index is -1.41. The van der Waals surface area contributed by atoms with Gasteiger partial charge in [0, 0.05) is 23.6 Å². The summed E-state index contributed by atoms with van der Waals surface area (Å²) in [7, 11) is 4.45. The van der Waals surface area contributed by atoms with Gasteiger partial charge in [0.05, 0.1) is 26.4 Å². The largest absolute Gasteiger partial charge is 0.493 e. The molecule has 0 radical (unpaired) electrons. The quantitative estimate of drug-likeness (QED) is 0.459. The molecule has 1 fully saturated rings. The van der Waals surface area contributed by atoms with Crippen molar-refractivity contribution in [2.75, 3.05) is 34.7 Å². The van der Waals surface area contributed by atoms with Gasteiger partial charge >= 0.3 is 5.97 Å². The lowest BCUT2D eigenvalue weighted by atomic mass is 9.89. The predicted molar refractivity (Wildman–Crippen MR) is 131 cm³/mol. The van der Waals surface area contributed by atoms with Gasteiger partial charge < -0.3 is 48.1 Å². The van der Waals surface area contributed by atoms with E-state index < -0.39 is 30.6 Å². The molecule has 0 aromatic heterocycles. The summed E-state index contributed by atoms with van der Waals surface area (Å²) in [4.78, 5) is 13.1. The zero-order valence-electron chi connectivity index (χ0n) is 20.9. The Labute approximate surface area is 217 Å². The maximum absolute atomic E-state index is 13.1. The van der Waals surface area contributed by atoms with Crippen LogP contribution in [0.5, 0.6) is 28.7 Å². The molecule has 0 saturated carbocycles. The number of hydrogen-bond donors (Lipinski definition) is 2. The molecule has 3 aromatic carbocycles. The number of fused-ring (bicyclic) bond motifs is 3. The second-order valence-electron chi connectivity index (χ2n) is 9.03. The van der Waals surface area contributed by atoms with Crippen molar-refractivity contribution >= 4 is 16.7 Å². The zero-order chi connectivity index (χ0) is 26.6. The van der Waals surface area contributed by atoms with Crippen LogP contribution in [0, 0.1) is 0 Å². The highest BCUT2D eigenvalue weighted by Crippen LogP contribution is 2.49.